The number of allylic oxidation sites excluding steroid dienone is 1. The highest BCUT2D eigenvalue weighted by Crippen LogP contribution is 2.33. The van der Waals surface area contributed by atoms with Crippen molar-refractivity contribution in [3.05, 3.63) is 51.6 Å². The van der Waals surface area contributed by atoms with Crippen molar-refractivity contribution in [1.82, 2.24) is 0 Å². The van der Waals surface area contributed by atoms with Gasteiger partial charge in [0, 0.05) is 18.6 Å². The lowest BCUT2D eigenvalue weighted by Gasteiger charge is -2.25. The molecule has 6 nitrogen and oxygen atoms in total. The lowest BCUT2D eigenvalue weighted by Crippen LogP contribution is -2.23. The van der Waals surface area contributed by atoms with Gasteiger partial charge in [0.2, 0.25) is 0 Å². The normalized spacial score (nSPS) is 20.4. The maximum Gasteiger partial charge on any atom is 0.338 e. The number of carbonyl (C=O) groups excluding carboxylic acids is 2. The maximum absolute atomic E-state index is 12.2. The van der Waals surface area contributed by atoms with Gasteiger partial charge in [-0.3, -0.25) is 14.9 Å². The Bertz CT molecular complexity index is 673. The lowest BCUT2D eigenvalue weighted by molar-refractivity contribution is -0.384. The Labute approximate surface area is 134 Å². The van der Waals surface area contributed by atoms with E-state index in [1.54, 1.807) is 13.0 Å². The van der Waals surface area contributed by atoms with Crippen LogP contribution >= 0.6 is 0 Å². The van der Waals surface area contributed by atoms with E-state index in [1.807, 2.05) is 13.8 Å². The Hall–Kier alpha value is -2.50. The maximum atomic E-state index is 12.2. The van der Waals surface area contributed by atoms with E-state index in [1.165, 1.54) is 24.3 Å². The van der Waals surface area contributed by atoms with Crippen LogP contribution < -0.4 is 0 Å². The molecule has 0 aliphatic heterocycles. The van der Waals surface area contributed by atoms with Crippen LogP contribution in [0, 0.1) is 15.5 Å². The van der Waals surface area contributed by atoms with Gasteiger partial charge in [-0.05, 0) is 42.5 Å². The van der Waals surface area contributed by atoms with Crippen LogP contribution in [0.2, 0.25) is 0 Å². The number of non-ortho nitro benzene ring substituents is 1. The summed E-state index contributed by atoms with van der Waals surface area (Å²) in [6.07, 6.45) is 2.16. The first-order valence-corrected chi connectivity index (χ1v) is 7.35. The summed E-state index contributed by atoms with van der Waals surface area (Å²) in [7, 11) is 0. The number of rotatable bonds is 3. The molecule has 1 unspecified atom stereocenters. The van der Waals surface area contributed by atoms with Crippen LogP contribution in [-0.4, -0.2) is 22.8 Å². The molecule has 0 spiro atoms. The monoisotopic (exact) mass is 317 g/mol. The smallest absolute Gasteiger partial charge is 0.338 e. The molecule has 0 bridgehead atoms. The SMILES string of the molecule is CC1=CC(OC(=O)c2ccc([N+](=O)[O-])cc2)CC(C)(C)CC1=O. The van der Waals surface area contributed by atoms with Crippen LogP contribution in [0.1, 0.15) is 44.0 Å². The molecular weight excluding hydrogens is 298 g/mol. The van der Waals surface area contributed by atoms with Crippen molar-refractivity contribution in [2.24, 2.45) is 5.41 Å². The largest absolute Gasteiger partial charge is 0.454 e. The van der Waals surface area contributed by atoms with Crippen molar-refractivity contribution in [3.63, 3.8) is 0 Å². The van der Waals surface area contributed by atoms with Gasteiger partial charge in [-0.15, -0.1) is 0 Å². The van der Waals surface area contributed by atoms with Gasteiger partial charge in [0.15, 0.2) is 5.78 Å². The zero-order valence-corrected chi connectivity index (χ0v) is 13.4. The number of ether oxygens (including phenoxy) is 1. The minimum atomic E-state index is -0.556. The van der Waals surface area contributed by atoms with Gasteiger partial charge in [0.05, 0.1) is 10.5 Å². The van der Waals surface area contributed by atoms with Crippen molar-refractivity contribution in [2.75, 3.05) is 0 Å². The molecule has 0 N–H and O–H groups in total. The third-order valence-electron chi connectivity index (χ3n) is 3.84. The Balaban J connectivity index is 2.15. The molecule has 2 rings (SSSR count). The summed E-state index contributed by atoms with van der Waals surface area (Å²) in [5.41, 5.74) is 0.497. The standard InChI is InChI=1S/C17H19NO5/c1-11-8-14(9-17(2,3)10-15(11)19)23-16(20)12-4-6-13(7-5-12)18(21)22/h4-8,14H,9-10H2,1-3H3. The molecule has 0 amide bonds. The van der Waals surface area contributed by atoms with Crippen LogP contribution in [0.3, 0.4) is 0 Å². The van der Waals surface area contributed by atoms with Gasteiger partial charge in [0.1, 0.15) is 6.10 Å². The lowest BCUT2D eigenvalue weighted by atomic mass is 9.83. The van der Waals surface area contributed by atoms with Gasteiger partial charge in [-0.25, -0.2) is 4.79 Å². The van der Waals surface area contributed by atoms with Crippen LogP contribution in [0.15, 0.2) is 35.9 Å². The molecule has 0 saturated heterocycles. The summed E-state index contributed by atoms with van der Waals surface area (Å²) < 4.78 is 5.47. The predicted octanol–water partition coefficient (Wildman–Crippen LogP) is 3.46. The molecular formula is C17H19NO5. The first kappa shape index (κ1) is 16.9. The molecule has 0 saturated carbocycles. The Morgan fingerprint density at radius 3 is 2.48 bits per heavy atom. The summed E-state index contributed by atoms with van der Waals surface area (Å²) >= 11 is 0. The third kappa shape index (κ3) is 4.25. The van der Waals surface area contributed by atoms with Crippen molar-refractivity contribution < 1.29 is 19.2 Å². The number of esters is 1. The van der Waals surface area contributed by atoms with Gasteiger partial charge >= 0.3 is 5.97 Å². The van der Waals surface area contributed by atoms with E-state index in [0.717, 1.165) is 0 Å². The van der Waals surface area contributed by atoms with E-state index < -0.39 is 17.0 Å². The van der Waals surface area contributed by atoms with E-state index in [9.17, 15) is 19.7 Å². The van der Waals surface area contributed by atoms with Crippen LogP contribution in [0.4, 0.5) is 5.69 Å². The summed E-state index contributed by atoms with van der Waals surface area (Å²) in [5, 5.41) is 10.6. The zero-order valence-electron chi connectivity index (χ0n) is 13.4. The van der Waals surface area contributed by atoms with Crippen LogP contribution in [0.5, 0.6) is 0 Å². The fourth-order valence-electron chi connectivity index (χ4n) is 2.62. The predicted molar refractivity (Wildman–Crippen MR) is 84.1 cm³/mol. The quantitative estimate of drug-likeness (QED) is 0.484. The Morgan fingerprint density at radius 2 is 1.91 bits per heavy atom. The van der Waals surface area contributed by atoms with E-state index in [-0.39, 0.29) is 22.4 Å². The fourth-order valence-corrected chi connectivity index (χ4v) is 2.62. The number of benzene rings is 1. The summed E-state index contributed by atoms with van der Waals surface area (Å²) in [4.78, 5) is 34.3. The fraction of sp³-hybridized carbons (Fsp3) is 0.412. The summed E-state index contributed by atoms with van der Waals surface area (Å²) in [6.45, 7) is 5.64. The second-order valence-electron chi connectivity index (χ2n) is 6.57. The molecule has 0 fully saturated rings. The molecule has 1 aromatic carbocycles. The molecule has 6 heteroatoms. The molecule has 0 heterocycles. The number of nitrogens with zero attached hydrogens (tertiary/aromatic N) is 1. The second kappa shape index (κ2) is 6.32. The van der Waals surface area contributed by atoms with Gasteiger partial charge in [-0.2, -0.15) is 0 Å². The minimum Gasteiger partial charge on any atom is -0.454 e. The average molecular weight is 317 g/mol. The molecule has 0 aromatic heterocycles. The molecule has 23 heavy (non-hydrogen) atoms. The van der Waals surface area contributed by atoms with Gasteiger partial charge < -0.3 is 4.74 Å². The van der Waals surface area contributed by atoms with E-state index in [2.05, 4.69) is 0 Å². The molecule has 0 radical (unpaired) electrons. The molecule has 122 valence electrons. The number of carbonyl (C=O) groups is 2. The number of Topliss-reactive ketones (excluding diaryl/α,β-unsaturated/α-hetero) is 1. The summed E-state index contributed by atoms with van der Waals surface area (Å²) in [5.74, 6) is -0.497. The third-order valence-corrected chi connectivity index (χ3v) is 3.84. The molecule has 1 aliphatic rings. The minimum absolute atomic E-state index is 0.0592. The highest BCUT2D eigenvalue weighted by Gasteiger charge is 2.31. The first-order valence-electron chi connectivity index (χ1n) is 7.35. The molecule has 1 aromatic rings. The molecule has 1 aliphatic carbocycles. The molecule has 1 atom stereocenters. The second-order valence-corrected chi connectivity index (χ2v) is 6.57. The van der Waals surface area contributed by atoms with E-state index >= 15 is 0 Å². The van der Waals surface area contributed by atoms with E-state index in [4.69, 9.17) is 4.74 Å². The number of nitro groups is 1. The van der Waals surface area contributed by atoms with Crippen LogP contribution in [-0.2, 0) is 9.53 Å². The zero-order chi connectivity index (χ0) is 17.2. The Kier molecular flexibility index (Phi) is 4.63. The average Bonchev–Trinajstić information content (AvgIpc) is 2.54. The highest BCUT2D eigenvalue weighted by atomic mass is 16.6. The van der Waals surface area contributed by atoms with Crippen molar-refractivity contribution in [3.8, 4) is 0 Å². The first-order chi connectivity index (χ1) is 10.7. The van der Waals surface area contributed by atoms with Crippen molar-refractivity contribution >= 4 is 17.4 Å². The number of nitro benzene ring substituents is 1. The topological polar surface area (TPSA) is 86.5 Å². The van der Waals surface area contributed by atoms with Crippen LogP contribution in [0.25, 0.3) is 0 Å². The van der Waals surface area contributed by atoms with E-state index in [0.29, 0.717) is 18.4 Å². The van der Waals surface area contributed by atoms with Gasteiger partial charge in [0.25, 0.3) is 5.69 Å². The Morgan fingerprint density at radius 1 is 1.30 bits per heavy atom. The number of ketones is 1. The summed E-state index contributed by atoms with van der Waals surface area (Å²) in [6, 6.07) is 5.25. The van der Waals surface area contributed by atoms with Gasteiger partial charge in [-0.1, -0.05) is 13.8 Å². The van der Waals surface area contributed by atoms with Crippen molar-refractivity contribution in [2.45, 2.75) is 39.7 Å². The number of hydrogen-bond donors (Lipinski definition) is 0. The van der Waals surface area contributed by atoms with Crippen molar-refractivity contribution in [1.29, 1.82) is 0 Å². The highest BCUT2D eigenvalue weighted by molar-refractivity contribution is 5.95. The number of hydrogen-bond acceptors (Lipinski definition) is 5.